The van der Waals surface area contributed by atoms with Crippen molar-refractivity contribution in [1.82, 2.24) is 9.55 Å². The molecular formula is C12H15N3O7. The molecule has 0 saturated carbocycles. The van der Waals surface area contributed by atoms with Gasteiger partial charge in [0.15, 0.2) is 12.0 Å². The average molecular weight is 313 g/mol. The molecule has 0 spiro atoms. The highest BCUT2D eigenvalue weighted by molar-refractivity contribution is 5.86. The molecule has 0 unspecified atom stereocenters. The van der Waals surface area contributed by atoms with Gasteiger partial charge in [-0.15, -0.1) is 0 Å². The molecule has 5 N–H and O–H groups in total. The number of aliphatic hydroxyl groups is 2. The molecule has 10 heteroatoms. The predicted octanol–water partition coefficient (Wildman–Crippen LogP) is -1.22. The largest absolute Gasteiger partial charge is 0.478 e. The van der Waals surface area contributed by atoms with Crippen molar-refractivity contribution in [3.05, 3.63) is 28.3 Å². The number of carbonyl (C=O) groups is 1. The summed E-state index contributed by atoms with van der Waals surface area (Å²) >= 11 is 0. The number of nitrogens with zero attached hydrogens (tertiary/aromatic N) is 2. The van der Waals surface area contributed by atoms with Crippen LogP contribution in [0.15, 0.2) is 17.1 Å². The van der Waals surface area contributed by atoms with Crippen LogP contribution < -0.4 is 11.2 Å². The normalized spacial score (nSPS) is 24.8. The number of rotatable bonds is 5. The predicted molar refractivity (Wildman–Crippen MR) is 72.2 cm³/mol. The second-order valence-electron chi connectivity index (χ2n) is 4.65. The molecule has 0 aliphatic carbocycles. The molecule has 0 radical (unpaired) electrons. The lowest BCUT2D eigenvalue weighted by Crippen LogP contribution is -2.32. The molecule has 1 aliphatic heterocycles. The minimum absolute atomic E-state index is 0.104. The first-order valence-corrected chi connectivity index (χ1v) is 6.35. The number of aliphatic hydroxyl groups excluding tert-OH is 2. The summed E-state index contributed by atoms with van der Waals surface area (Å²) < 4.78 is 6.32. The first-order valence-electron chi connectivity index (χ1n) is 6.35. The molecule has 120 valence electrons. The van der Waals surface area contributed by atoms with Gasteiger partial charge in [0, 0.05) is 24.3 Å². The van der Waals surface area contributed by atoms with Crippen LogP contribution in [0.4, 0.5) is 5.82 Å². The van der Waals surface area contributed by atoms with Crippen LogP contribution in [0.1, 0.15) is 18.2 Å². The lowest BCUT2D eigenvalue weighted by molar-refractivity contribution is -0.131. The average Bonchev–Trinajstić information content (AvgIpc) is 2.86. The lowest BCUT2D eigenvalue weighted by atomic mass is 10.2. The van der Waals surface area contributed by atoms with Gasteiger partial charge in [0.25, 0.3) is 0 Å². The highest BCUT2D eigenvalue weighted by Gasteiger charge is 2.35. The Hall–Kier alpha value is -2.27. The van der Waals surface area contributed by atoms with Gasteiger partial charge >= 0.3 is 11.7 Å². The smallest absolute Gasteiger partial charge is 0.351 e. The van der Waals surface area contributed by atoms with Crippen LogP contribution in [-0.4, -0.2) is 54.9 Å². The number of aromatic nitrogens is 2. The van der Waals surface area contributed by atoms with Gasteiger partial charge in [-0.05, 0) is 6.08 Å². The first kappa shape index (κ1) is 16.1. The van der Waals surface area contributed by atoms with Crippen LogP contribution in [-0.2, 0) is 9.53 Å². The van der Waals surface area contributed by atoms with E-state index in [4.69, 9.17) is 20.2 Å². The van der Waals surface area contributed by atoms with Crippen LogP contribution in [0, 0.1) is 0 Å². The molecule has 2 rings (SSSR count). The summed E-state index contributed by atoms with van der Waals surface area (Å²) in [6.45, 7) is -0.308. The number of carboxylic acids is 1. The van der Waals surface area contributed by atoms with Crippen molar-refractivity contribution in [2.45, 2.75) is 24.9 Å². The summed E-state index contributed by atoms with van der Waals surface area (Å²) in [7, 11) is 0. The van der Waals surface area contributed by atoms with Crippen molar-refractivity contribution in [2.24, 2.45) is 0 Å². The van der Waals surface area contributed by atoms with Gasteiger partial charge in [-0.2, -0.15) is 4.98 Å². The highest BCUT2D eigenvalue weighted by Crippen LogP contribution is 2.28. The minimum Gasteiger partial charge on any atom is -0.478 e. The summed E-state index contributed by atoms with van der Waals surface area (Å²) in [6.07, 6.45) is 0.571. The quantitative estimate of drug-likeness (QED) is 0.332. The van der Waals surface area contributed by atoms with Gasteiger partial charge in [0.2, 0.25) is 0 Å². The Labute approximate surface area is 123 Å². The number of hydrogen-bond donors (Lipinski definition) is 5. The Balaban J connectivity index is 2.42. The first-order chi connectivity index (χ1) is 10.5. The fourth-order valence-electron chi connectivity index (χ4n) is 2.14. The summed E-state index contributed by atoms with van der Waals surface area (Å²) in [5.74, 6) is -1.45. The summed E-state index contributed by atoms with van der Waals surface area (Å²) in [6, 6.07) is 0. The second kappa shape index (κ2) is 6.66. The number of nitrogens with one attached hydrogen (secondary N) is 1. The van der Waals surface area contributed by atoms with E-state index >= 15 is 0 Å². The fourth-order valence-corrected chi connectivity index (χ4v) is 2.14. The molecule has 0 aromatic carbocycles. The van der Waals surface area contributed by atoms with E-state index in [0.29, 0.717) is 0 Å². The standard InChI is InChI=1S/C12H15N3O7/c16-5-7-3-8(17)11(22-7)15-4-6(1-2-9(18)19)10(14-21)13-12(15)20/h1-2,4,7-8,11,16-17,21H,3,5H2,(H,18,19)(H,13,14,20)/b2-1+/t7-,8+,11+/m0/s1. The van der Waals surface area contributed by atoms with Crippen LogP contribution >= 0.6 is 0 Å². The zero-order valence-electron chi connectivity index (χ0n) is 11.3. The zero-order chi connectivity index (χ0) is 16.3. The van der Waals surface area contributed by atoms with Crippen LogP contribution in [0.3, 0.4) is 0 Å². The van der Waals surface area contributed by atoms with Crippen molar-refractivity contribution in [2.75, 3.05) is 12.1 Å². The second-order valence-corrected chi connectivity index (χ2v) is 4.65. The van der Waals surface area contributed by atoms with Crippen LogP contribution in [0.25, 0.3) is 6.08 Å². The van der Waals surface area contributed by atoms with E-state index in [2.05, 4.69) is 4.98 Å². The molecule has 10 nitrogen and oxygen atoms in total. The lowest BCUT2D eigenvalue weighted by Gasteiger charge is -2.18. The summed E-state index contributed by atoms with van der Waals surface area (Å²) in [4.78, 5) is 26.0. The highest BCUT2D eigenvalue weighted by atomic mass is 16.5. The Morgan fingerprint density at radius 1 is 1.59 bits per heavy atom. The number of hydrogen-bond acceptors (Lipinski definition) is 8. The Morgan fingerprint density at radius 3 is 2.86 bits per heavy atom. The molecule has 1 aromatic rings. The van der Waals surface area contributed by atoms with Crippen LogP contribution in [0.2, 0.25) is 0 Å². The number of ether oxygens (including phenoxy) is 1. The van der Waals surface area contributed by atoms with E-state index in [0.717, 1.165) is 16.7 Å². The van der Waals surface area contributed by atoms with Gasteiger partial charge in [0.05, 0.1) is 12.7 Å². The van der Waals surface area contributed by atoms with Crippen molar-refractivity contribution in [3.63, 3.8) is 0 Å². The molecule has 2 heterocycles. The van der Waals surface area contributed by atoms with Gasteiger partial charge in [0.1, 0.15) is 6.10 Å². The van der Waals surface area contributed by atoms with Gasteiger partial charge in [-0.1, -0.05) is 0 Å². The summed E-state index contributed by atoms with van der Waals surface area (Å²) in [5, 5.41) is 36.5. The van der Waals surface area contributed by atoms with Crippen molar-refractivity contribution >= 4 is 17.9 Å². The topological polar surface area (TPSA) is 154 Å². The molecule has 1 saturated heterocycles. The minimum atomic E-state index is -1.22. The number of aliphatic carboxylic acids is 1. The maximum Gasteiger partial charge on any atom is 0.351 e. The monoisotopic (exact) mass is 313 g/mol. The zero-order valence-corrected chi connectivity index (χ0v) is 11.3. The third kappa shape index (κ3) is 3.31. The van der Waals surface area contributed by atoms with Crippen molar-refractivity contribution in [1.29, 1.82) is 0 Å². The molecule has 3 atom stereocenters. The Kier molecular flexibility index (Phi) is 4.88. The Morgan fingerprint density at radius 2 is 2.32 bits per heavy atom. The van der Waals surface area contributed by atoms with Gasteiger partial charge < -0.3 is 20.1 Å². The SMILES string of the molecule is O=C(O)/C=C/c1cn([C@@H]2O[C@H](CO)C[C@H]2O)c(=O)nc1NO. The third-order valence-corrected chi connectivity index (χ3v) is 3.13. The van der Waals surface area contributed by atoms with Crippen molar-refractivity contribution in [3.8, 4) is 0 Å². The molecule has 0 bridgehead atoms. The molecular weight excluding hydrogens is 298 g/mol. The molecule has 1 fully saturated rings. The maximum atomic E-state index is 11.9. The van der Waals surface area contributed by atoms with E-state index in [9.17, 15) is 14.7 Å². The van der Waals surface area contributed by atoms with Gasteiger partial charge in [-0.3, -0.25) is 15.3 Å². The van der Waals surface area contributed by atoms with Gasteiger partial charge in [-0.25, -0.2) is 9.59 Å². The van der Waals surface area contributed by atoms with E-state index < -0.39 is 30.1 Å². The molecule has 22 heavy (non-hydrogen) atoms. The maximum absolute atomic E-state index is 11.9. The van der Waals surface area contributed by atoms with E-state index in [-0.39, 0.29) is 24.4 Å². The van der Waals surface area contributed by atoms with Crippen molar-refractivity contribution < 1.29 is 30.1 Å². The van der Waals surface area contributed by atoms with E-state index in [1.165, 1.54) is 6.20 Å². The van der Waals surface area contributed by atoms with E-state index in [1.807, 2.05) is 0 Å². The van der Waals surface area contributed by atoms with Crippen LogP contribution in [0.5, 0.6) is 0 Å². The molecule has 0 amide bonds. The van der Waals surface area contributed by atoms with E-state index in [1.54, 1.807) is 5.48 Å². The Bertz CT molecular complexity index is 642. The number of carboxylic acid groups (broad SMARTS) is 1. The summed E-state index contributed by atoms with van der Waals surface area (Å²) in [5.41, 5.74) is 0.988. The third-order valence-electron chi connectivity index (χ3n) is 3.13. The molecule has 1 aromatic heterocycles. The fraction of sp³-hybridized carbons (Fsp3) is 0.417. The molecule has 1 aliphatic rings. The number of anilines is 1.